The van der Waals surface area contributed by atoms with Crippen molar-refractivity contribution < 1.29 is 0 Å². The molecule has 0 bridgehead atoms. The first kappa shape index (κ1) is 9.00. The van der Waals surface area contributed by atoms with E-state index in [4.69, 9.17) is 0 Å². The van der Waals surface area contributed by atoms with Crippen molar-refractivity contribution in [3.63, 3.8) is 0 Å². The molecule has 0 aromatic heterocycles. The number of fused-ring (bicyclic) bond motifs is 1. The monoisotopic (exact) mass is 282 g/mol. The van der Waals surface area contributed by atoms with Gasteiger partial charge in [0.1, 0.15) is 0 Å². The zero-order valence-corrected chi connectivity index (χ0v) is 9.92. The predicted octanol–water partition coefficient (Wildman–Crippen LogP) is 4.06. The lowest BCUT2D eigenvalue weighted by molar-refractivity contribution is 1.40. The van der Waals surface area contributed by atoms with E-state index < -0.39 is 0 Å². The first-order valence-corrected chi connectivity index (χ1v) is 5.42. The van der Waals surface area contributed by atoms with E-state index in [1.54, 1.807) is 0 Å². The molecule has 0 N–H and O–H groups in total. The lowest BCUT2D eigenvalue weighted by atomic mass is 10.0. The fourth-order valence-corrected chi connectivity index (χ4v) is 2.32. The summed E-state index contributed by atoms with van der Waals surface area (Å²) in [5.41, 5.74) is 2.74. The highest BCUT2D eigenvalue weighted by Gasteiger charge is 2.03. The number of rotatable bonds is 0. The third-order valence-corrected chi connectivity index (χ3v) is 3.80. The number of hydrogen-bond donors (Lipinski definition) is 0. The van der Waals surface area contributed by atoms with E-state index in [1.165, 1.54) is 25.5 Å². The number of benzene rings is 2. The van der Waals surface area contributed by atoms with Crippen LogP contribution in [0.3, 0.4) is 0 Å². The van der Waals surface area contributed by atoms with Crippen LogP contribution < -0.4 is 0 Å². The molecule has 2 aromatic rings. The molecule has 0 aliphatic carbocycles. The Morgan fingerprint density at radius 1 is 0.923 bits per heavy atom. The van der Waals surface area contributed by atoms with E-state index in [1.807, 2.05) is 0 Å². The average Bonchev–Trinajstić information content (AvgIpc) is 2.15. The summed E-state index contributed by atoms with van der Waals surface area (Å²) in [4.78, 5) is 0. The third kappa shape index (κ3) is 1.46. The summed E-state index contributed by atoms with van der Waals surface area (Å²) in [7, 11) is 0. The summed E-state index contributed by atoms with van der Waals surface area (Å²) in [6.07, 6.45) is 0. The molecule has 0 saturated carbocycles. The molecule has 0 radical (unpaired) electrons. The average molecular weight is 282 g/mol. The molecule has 0 atom stereocenters. The summed E-state index contributed by atoms with van der Waals surface area (Å²) in [5, 5.41) is 2.75. The van der Waals surface area contributed by atoms with Gasteiger partial charge in [0.05, 0.1) is 0 Å². The molecular weight excluding hydrogens is 271 g/mol. The summed E-state index contributed by atoms with van der Waals surface area (Å²) in [5.74, 6) is 0. The summed E-state index contributed by atoms with van der Waals surface area (Å²) in [6.45, 7) is 4.34. The largest absolute Gasteiger partial charge is 0.0616 e. The minimum Gasteiger partial charge on any atom is -0.0616 e. The summed E-state index contributed by atoms with van der Waals surface area (Å²) < 4.78 is 1.37. The van der Waals surface area contributed by atoms with Crippen molar-refractivity contribution in [2.75, 3.05) is 0 Å². The van der Waals surface area contributed by atoms with Gasteiger partial charge in [0.15, 0.2) is 0 Å². The molecule has 0 heterocycles. The SMILES string of the molecule is Cc1cc(C)c2ccccc2c1I. The van der Waals surface area contributed by atoms with Gasteiger partial charge in [0.2, 0.25) is 0 Å². The minimum absolute atomic E-state index is 1.37. The van der Waals surface area contributed by atoms with Gasteiger partial charge in [-0.1, -0.05) is 30.3 Å². The number of aryl methyl sites for hydroxylation is 2. The normalized spacial score (nSPS) is 10.7. The van der Waals surface area contributed by atoms with Crippen LogP contribution in [0.5, 0.6) is 0 Å². The number of halogens is 1. The van der Waals surface area contributed by atoms with E-state index in [0.29, 0.717) is 0 Å². The Labute approximate surface area is 92.1 Å². The fraction of sp³-hybridized carbons (Fsp3) is 0.167. The second-order valence-corrected chi connectivity index (χ2v) is 4.45. The molecule has 1 heteroatoms. The molecule has 0 saturated heterocycles. The molecular formula is C12H11I. The van der Waals surface area contributed by atoms with Crippen molar-refractivity contribution in [2.45, 2.75) is 13.8 Å². The molecule has 0 amide bonds. The second kappa shape index (κ2) is 3.29. The molecule has 0 aliphatic heterocycles. The predicted molar refractivity (Wildman–Crippen MR) is 66.1 cm³/mol. The van der Waals surface area contributed by atoms with Crippen LogP contribution >= 0.6 is 22.6 Å². The van der Waals surface area contributed by atoms with E-state index in [0.717, 1.165) is 0 Å². The lowest BCUT2D eigenvalue weighted by Crippen LogP contribution is -1.86. The Hall–Kier alpha value is -0.570. The maximum absolute atomic E-state index is 2.42. The van der Waals surface area contributed by atoms with Crippen LogP contribution in [0.1, 0.15) is 11.1 Å². The van der Waals surface area contributed by atoms with Crippen molar-refractivity contribution in [1.82, 2.24) is 0 Å². The maximum atomic E-state index is 2.42. The first-order chi connectivity index (χ1) is 6.20. The topological polar surface area (TPSA) is 0 Å². The van der Waals surface area contributed by atoms with Gasteiger partial charge in [0.25, 0.3) is 0 Å². The van der Waals surface area contributed by atoms with Crippen molar-refractivity contribution in [3.8, 4) is 0 Å². The molecule has 0 spiro atoms. The zero-order chi connectivity index (χ0) is 9.42. The quantitative estimate of drug-likeness (QED) is 0.639. The molecule has 2 aromatic carbocycles. The second-order valence-electron chi connectivity index (χ2n) is 3.37. The molecule has 13 heavy (non-hydrogen) atoms. The molecule has 0 fully saturated rings. The van der Waals surface area contributed by atoms with Gasteiger partial charge in [-0.2, -0.15) is 0 Å². The molecule has 0 unspecified atom stereocenters. The molecule has 2 rings (SSSR count). The Bertz CT molecular complexity index is 458. The summed E-state index contributed by atoms with van der Waals surface area (Å²) in [6, 6.07) is 10.8. The van der Waals surface area contributed by atoms with Crippen molar-refractivity contribution >= 4 is 33.4 Å². The van der Waals surface area contributed by atoms with E-state index in [2.05, 4.69) is 66.8 Å². The van der Waals surface area contributed by atoms with Gasteiger partial charge in [-0.15, -0.1) is 0 Å². The van der Waals surface area contributed by atoms with Crippen LogP contribution in [0.2, 0.25) is 0 Å². The minimum atomic E-state index is 1.37. The Morgan fingerprint density at radius 3 is 2.23 bits per heavy atom. The van der Waals surface area contributed by atoms with Crippen LogP contribution in [0.4, 0.5) is 0 Å². The van der Waals surface area contributed by atoms with Gasteiger partial charge in [-0.25, -0.2) is 0 Å². The first-order valence-electron chi connectivity index (χ1n) is 4.34. The molecule has 66 valence electrons. The van der Waals surface area contributed by atoms with Gasteiger partial charge >= 0.3 is 0 Å². The van der Waals surface area contributed by atoms with E-state index in [-0.39, 0.29) is 0 Å². The molecule has 0 aliphatic rings. The van der Waals surface area contributed by atoms with Gasteiger partial charge < -0.3 is 0 Å². The third-order valence-electron chi connectivity index (χ3n) is 2.37. The van der Waals surface area contributed by atoms with Crippen molar-refractivity contribution in [3.05, 3.63) is 45.0 Å². The lowest BCUT2D eigenvalue weighted by Gasteiger charge is -2.07. The Balaban J connectivity index is 2.97. The van der Waals surface area contributed by atoms with Crippen LogP contribution in [-0.2, 0) is 0 Å². The van der Waals surface area contributed by atoms with Crippen molar-refractivity contribution in [2.24, 2.45) is 0 Å². The van der Waals surface area contributed by atoms with E-state index >= 15 is 0 Å². The standard InChI is InChI=1S/C12H11I/c1-8-7-9(2)12(13)11-6-4-3-5-10(8)11/h3-7H,1-2H3. The number of hydrogen-bond acceptors (Lipinski definition) is 0. The van der Waals surface area contributed by atoms with Gasteiger partial charge in [-0.05, 0) is 58.3 Å². The van der Waals surface area contributed by atoms with Gasteiger partial charge in [-0.3, -0.25) is 0 Å². The Morgan fingerprint density at radius 2 is 1.54 bits per heavy atom. The van der Waals surface area contributed by atoms with Crippen LogP contribution in [0.25, 0.3) is 10.8 Å². The highest BCUT2D eigenvalue weighted by Crippen LogP contribution is 2.26. The smallest absolute Gasteiger partial charge is 0.0238 e. The maximum Gasteiger partial charge on any atom is 0.0238 e. The Kier molecular flexibility index (Phi) is 2.28. The zero-order valence-electron chi connectivity index (χ0n) is 7.76. The van der Waals surface area contributed by atoms with E-state index in [9.17, 15) is 0 Å². The van der Waals surface area contributed by atoms with Crippen molar-refractivity contribution in [1.29, 1.82) is 0 Å². The van der Waals surface area contributed by atoms with Gasteiger partial charge in [0, 0.05) is 3.57 Å². The van der Waals surface area contributed by atoms with Crippen LogP contribution in [-0.4, -0.2) is 0 Å². The fourth-order valence-electron chi connectivity index (χ4n) is 1.70. The molecule has 0 nitrogen and oxygen atoms in total. The summed E-state index contributed by atoms with van der Waals surface area (Å²) >= 11 is 2.42. The highest BCUT2D eigenvalue weighted by molar-refractivity contribution is 14.1. The highest BCUT2D eigenvalue weighted by atomic mass is 127. The van der Waals surface area contributed by atoms with Crippen LogP contribution in [0, 0.1) is 17.4 Å². The van der Waals surface area contributed by atoms with Crippen LogP contribution in [0.15, 0.2) is 30.3 Å².